The highest BCUT2D eigenvalue weighted by Crippen LogP contribution is 2.29. The van der Waals surface area contributed by atoms with E-state index in [2.05, 4.69) is 53.3 Å². The summed E-state index contributed by atoms with van der Waals surface area (Å²) in [6, 6.07) is 14.7. The quantitative estimate of drug-likeness (QED) is 0.578. The molecule has 0 unspecified atom stereocenters. The summed E-state index contributed by atoms with van der Waals surface area (Å²) >= 11 is 6.22. The van der Waals surface area contributed by atoms with Crippen LogP contribution in [0.15, 0.2) is 48.7 Å². The van der Waals surface area contributed by atoms with Crippen LogP contribution in [0.1, 0.15) is 48.3 Å². The van der Waals surface area contributed by atoms with Gasteiger partial charge in [-0.1, -0.05) is 41.9 Å². The molecule has 1 aliphatic rings. The van der Waals surface area contributed by atoms with Crippen molar-refractivity contribution in [3.8, 4) is 0 Å². The topological polar surface area (TPSA) is 36.1 Å². The van der Waals surface area contributed by atoms with Crippen LogP contribution < -0.4 is 0 Å². The number of carbonyl (C=O) groups is 1. The predicted octanol–water partition coefficient (Wildman–Crippen LogP) is 5.86. The Morgan fingerprint density at radius 2 is 1.93 bits per heavy atom. The van der Waals surface area contributed by atoms with Gasteiger partial charge in [0.25, 0.3) is 0 Å². The molecule has 0 aliphatic carbocycles. The van der Waals surface area contributed by atoms with E-state index in [0.717, 1.165) is 54.9 Å². The third kappa shape index (κ3) is 4.10. The van der Waals surface area contributed by atoms with Crippen LogP contribution in [0.2, 0.25) is 5.02 Å². The second-order valence-electron chi connectivity index (χ2n) is 7.88. The van der Waals surface area contributed by atoms with Gasteiger partial charge in [0.15, 0.2) is 0 Å². The standard InChI is InChI=1S/C24H27ClN2O/c1-17-14-21(25)15-22-20(16-26-24(17)22)8-5-9-23(28)27-12-10-19(11-13-27)18-6-3-2-4-7-18/h2-4,6-7,14-16,19,26H,5,8-13H2,1H3. The van der Waals surface area contributed by atoms with Crippen LogP contribution in [0.3, 0.4) is 0 Å². The fourth-order valence-electron chi connectivity index (χ4n) is 4.41. The molecule has 28 heavy (non-hydrogen) atoms. The number of hydrogen-bond donors (Lipinski definition) is 1. The van der Waals surface area contributed by atoms with E-state index in [4.69, 9.17) is 11.6 Å². The van der Waals surface area contributed by atoms with Crippen LogP contribution in [-0.2, 0) is 11.2 Å². The number of halogens is 1. The maximum absolute atomic E-state index is 12.6. The lowest BCUT2D eigenvalue weighted by Gasteiger charge is -2.32. The molecule has 0 radical (unpaired) electrons. The van der Waals surface area contributed by atoms with Crippen molar-refractivity contribution in [1.29, 1.82) is 0 Å². The van der Waals surface area contributed by atoms with Gasteiger partial charge in [0.2, 0.25) is 5.91 Å². The number of amides is 1. The second kappa shape index (κ2) is 8.40. The van der Waals surface area contributed by atoms with Crippen molar-refractivity contribution < 1.29 is 4.79 Å². The molecule has 2 heterocycles. The Morgan fingerprint density at radius 3 is 2.68 bits per heavy atom. The summed E-state index contributed by atoms with van der Waals surface area (Å²) < 4.78 is 0. The van der Waals surface area contributed by atoms with E-state index in [1.807, 2.05) is 12.1 Å². The zero-order chi connectivity index (χ0) is 19.5. The normalized spacial score (nSPS) is 15.3. The Balaban J connectivity index is 1.29. The lowest BCUT2D eigenvalue weighted by atomic mass is 9.89. The van der Waals surface area contributed by atoms with Crippen molar-refractivity contribution in [2.45, 2.75) is 44.9 Å². The second-order valence-corrected chi connectivity index (χ2v) is 8.31. The van der Waals surface area contributed by atoms with Gasteiger partial charge in [0.1, 0.15) is 0 Å². The molecule has 1 aliphatic heterocycles. The number of fused-ring (bicyclic) bond motifs is 1. The smallest absolute Gasteiger partial charge is 0.222 e. The van der Waals surface area contributed by atoms with Crippen LogP contribution in [0.5, 0.6) is 0 Å². The number of piperidine rings is 1. The van der Waals surface area contributed by atoms with Crippen molar-refractivity contribution in [1.82, 2.24) is 9.88 Å². The molecule has 146 valence electrons. The number of aromatic nitrogens is 1. The van der Waals surface area contributed by atoms with Gasteiger partial charge in [0.05, 0.1) is 0 Å². The predicted molar refractivity (Wildman–Crippen MR) is 116 cm³/mol. The van der Waals surface area contributed by atoms with E-state index in [-0.39, 0.29) is 0 Å². The van der Waals surface area contributed by atoms with E-state index in [9.17, 15) is 4.79 Å². The van der Waals surface area contributed by atoms with Crippen LogP contribution in [0.25, 0.3) is 10.9 Å². The Bertz CT molecular complexity index is 955. The number of rotatable bonds is 5. The largest absolute Gasteiger partial charge is 0.361 e. The van der Waals surface area contributed by atoms with Gasteiger partial charge in [-0.25, -0.2) is 0 Å². The summed E-state index contributed by atoms with van der Waals surface area (Å²) in [6.07, 6.45) is 6.57. The number of aryl methyl sites for hydroxylation is 2. The van der Waals surface area contributed by atoms with Gasteiger partial charge in [-0.2, -0.15) is 0 Å². The first-order valence-corrected chi connectivity index (χ1v) is 10.6. The van der Waals surface area contributed by atoms with Gasteiger partial charge in [0, 0.05) is 41.6 Å². The molecule has 0 bridgehead atoms. The molecule has 1 amide bonds. The highest BCUT2D eigenvalue weighted by atomic mass is 35.5. The van der Waals surface area contributed by atoms with Gasteiger partial charge < -0.3 is 9.88 Å². The number of carbonyl (C=O) groups excluding carboxylic acids is 1. The van der Waals surface area contributed by atoms with Crippen molar-refractivity contribution in [3.05, 3.63) is 70.4 Å². The molecule has 0 atom stereocenters. The van der Waals surface area contributed by atoms with Crippen molar-refractivity contribution in [2.75, 3.05) is 13.1 Å². The van der Waals surface area contributed by atoms with Gasteiger partial charge >= 0.3 is 0 Å². The average Bonchev–Trinajstić information content (AvgIpc) is 3.12. The molecule has 1 fully saturated rings. The molecule has 4 rings (SSSR count). The van der Waals surface area contributed by atoms with E-state index in [0.29, 0.717) is 18.2 Å². The SMILES string of the molecule is Cc1cc(Cl)cc2c(CCCC(=O)N3CCC(c4ccccc4)CC3)c[nH]c12. The molecule has 4 heteroatoms. The zero-order valence-electron chi connectivity index (χ0n) is 16.4. The molecule has 3 nitrogen and oxygen atoms in total. The molecular formula is C24H27ClN2O. The van der Waals surface area contributed by atoms with Crippen molar-refractivity contribution in [3.63, 3.8) is 0 Å². The lowest BCUT2D eigenvalue weighted by molar-refractivity contribution is -0.132. The van der Waals surface area contributed by atoms with E-state index < -0.39 is 0 Å². The maximum atomic E-state index is 12.6. The Morgan fingerprint density at radius 1 is 1.18 bits per heavy atom. The van der Waals surface area contributed by atoms with Gasteiger partial charge in [-0.15, -0.1) is 0 Å². The minimum absolute atomic E-state index is 0.292. The molecule has 0 saturated carbocycles. The summed E-state index contributed by atoms with van der Waals surface area (Å²) in [5.74, 6) is 0.880. The fourth-order valence-corrected chi connectivity index (χ4v) is 4.68. The summed E-state index contributed by atoms with van der Waals surface area (Å²) in [6.45, 7) is 3.82. The summed E-state index contributed by atoms with van der Waals surface area (Å²) in [4.78, 5) is 18.0. The Kier molecular flexibility index (Phi) is 5.72. The molecule has 2 aromatic carbocycles. The molecule has 1 aromatic heterocycles. The van der Waals surface area contributed by atoms with Crippen LogP contribution >= 0.6 is 11.6 Å². The van der Waals surface area contributed by atoms with E-state index in [1.54, 1.807) is 0 Å². The maximum Gasteiger partial charge on any atom is 0.222 e. The number of nitrogens with zero attached hydrogens (tertiary/aromatic N) is 1. The number of benzene rings is 2. The highest BCUT2D eigenvalue weighted by Gasteiger charge is 2.23. The van der Waals surface area contributed by atoms with E-state index in [1.165, 1.54) is 16.5 Å². The molecule has 0 spiro atoms. The monoisotopic (exact) mass is 394 g/mol. The number of H-pyrrole nitrogens is 1. The number of nitrogens with one attached hydrogen (secondary N) is 1. The minimum atomic E-state index is 0.292. The fraction of sp³-hybridized carbons (Fsp3) is 0.375. The minimum Gasteiger partial charge on any atom is -0.361 e. The first-order chi connectivity index (χ1) is 13.6. The highest BCUT2D eigenvalue weighted by molar-refractivity contribution is 6.31. The number of aromatic amines is 1. The van der Waals surface area contributed by atoms with Crippen LogP contribution in [0.4, 0.5) is 0 Å². The van der Waals surface area contributed by atoms with Gasteiger partial charge in [-0.3, -0.25) is 4.79 Å². The summed E-state index contributed by atoms with van der Waals surface area (Å²) in [5, 5.41) is 1.95. The average molecular weight is 395 g/mol. The Labute approximate surface area is 171 Å². The Hall–Kier alpha value is -2.26. The lowest BCUT2D eigenvalue weighted by Crippen LogP contribution is -2.37. The molecule has 1 saturated heterocycles. The van der Waals surface area contributed by atoms with Crippen molar-refractivity contribution in [2.24, 2.45) is 0 Å². The van der Waals surface area contributed by atoms with Crippen LogP contribution in [-0.4, -0.2) is 28.9 Å². The third-order valence-corrected chi connectivity index (χ3v) is 6.21. The molecule has 3 aromatic rings. The zero-order valence-corrected chi connectivity index (χ0v) is 17.1. The first-order valence-electron chi connectivity index (χ1n) is 10.2. The molecular weight excluding hydrogens is 368 g/mol. The number of hydrogen-bond acceptors (Lipinski definition) is 1. The van der Waals surface area contributed by atoms with E-state index >= 15 is 0 Å². The number of likely N-dealkylation sites (tertiary alicyclic amines) is 1. The summed E-state index contributed by atoms with van der Waals surface area (Å²) in [5.41, 5.74) is 4.96. The summed E-state index contributed by atoms with van der Waals surface area (Å²) in [7, 11) is 0. The third-order valence-electron chi connectivity index (χ3n) is 5.99. The molecule has 1 N–H and O–H groups in total. The first kappa shape index (κ1) is 19.1. The van der Waals surface area contributed by atoms with Crippen molar-refractivity contribution >= 4 is 28.4 Å². The van der Waals surface area contributed by atoms with Crippen LogP contribution in [0, 0.1) is 6.92 Å². The van der Waals surface area contributed by atoms with Gasteiger partial charge in [-0.05, 0) is 67.3 Å².